The van der Waals surface area contributed by atoms with Crippen molar-refractivity contribution in [1.82, 2.24) is 4.98 Å². The molecule has 25 heavy (non-hydrogen) atoms. The maximum atomic E-state index is 12.7. The number of alkyl halides is 3. The van der Waals surface area contributed by atoms with Crippen LogP contribution in [0.1, 0.15) is 16.8 Å². The molecule has 0 unspecified atom stereocenters. The van der Waals surface area contributed by atoms with Crippen molar-refractivity contribution in [3.05, 3.63) is 65.5 Å². The standard InChI is InChI=1S/C19H16F3NO2/c1-12-2-7-16(13-3-5-14(6-4-13)19(20,21)22)17(10-12)18-23-15(8-9-24)11-25-18/h2-7,10-11,24H,8-9H2,1H3. The van der Waals surface area contributed by atoms with Crippen LogP contribution in [0.25, 0.3) is 22.6 Å². The number of hydrogen-bond donors (Lipinski definition) is 1. The molecular weight excluding hydrogens is 331 g/mol. The van der Waals surface area contributed by atoms with E-state index in [4.69, 9.17) is 9.52 Å². The molecule has 3 rings (SSSR count). The van der Waals surface area contributed by atoms with Crippen LogP contribution in [-0.4, -0.2) is 16.7 Å². The molecule has 130 valence electrons. The highest BCUT2D eigenvalue weighted by molar-refractivity contribution is 5.80. The van der Waals surface area contributed by atoms with Crippen molar-refractivity contribution in [2.75, 3.05) is 6.61 Å². The zero-order chi connectivity index (χ0) is 18.0. The van der Waals surface area contributed by atoms with Gasteiger partial charge in [0.05, 0.1) is 11.3 Å². The first-order valence-electron chi connectivity index (χ1n) is 7.72. The number of aliphatic hydroxyl groups is 1. The van der Waals surface area contributed by atoms with Gasteiger partial charge in [-0.25, -0.2) is 4.98 Å². The van der Waals surface area contributed by atoms with Gasteiger partial charge >= 0.3 is 6.18 Å². The monoisotopic (exact) mass is 347 g/mol. The summed E-state index contributed by atoms with van der Waals surface area (Å²) in [5.41, 5.74) is 2.99. The lowest BCUT2D eigenvalue weighted by Crippen LogP contribution is -2.04. The summed E-state index contributed by atoms with van der Waals surface area (Å²) in [5, 5.41) is 8.99. The van der Waals surface area contributed by atoms with E-state index in [1.807, 2.05) is 25.1 Å². The second-order valence-corrected chi connectivity index (χ2v) is 5.74. The van der Waals surface area contributed by atoms with Crippen molar-refractivity contribution in [2.24, 2.45) is 0 Å². The van der Waals surface area contributed by atoms with E-state index < -0.39 is 11.7 Å². The zero-order valence-corrected chi connectivity index (χ0v) is 13.5. The molecule has 1 N–H and O–H groups in total. The largest absolute Gasteiger partial charge is 0.444 e. The lowest BCUT2D eigenvalue weighted by Gasteiger charge is -2.11. The Hall–Kier alpha value is -2.60. The highest BCUT2D eigenvalue weighted by Crippen LogP contribution is 2.35. The van der Waals surface area contributed by atoms with Crippen molar-refractivity contribution in [3.8, 4) is 22.6 Å². The predicted octanol–water partition coefficient (Wildman–Crippen LogP) is 4.87. The molecule has 0 saturated carbocycles. The Morgan fingerprint density at radius 2 is 1.76 bits per heavy atom. The SMILES string of the molecule is Cc1ccc(-c2ccc(C(F)(F)F)cc2)c(-c2nc(CCO)co2)c1. The Balaban J connectivity index is 2.04. The van der Waals surface area contributed by atoms with Crippen LogP contribution in [0, 0.1) is 6.92 Å². The fraction of sp³-hybridized carbons (Fsp3) is 0.211. The number of aliphatic hydroxyl groups excluding tert-OH is 1. The highest BCUT2D eigenvalue weighted by atomic mass is 19.4. The van der Waals surface area contributed by atoms with Crippen LogP contribution < -0.4 is 0 Å². The van der Waals surface area contributed by atoms with E-state index in [2.05, 4.69) is 4.98 Å². The number of nitrogens with zero attached hydrogens (tertiary/aromatic N) is 1. The minimum Gasteiger partial charge on any atom is -0.444 e. The second kappa shape index (κ2) is 6.72. The Morgan fingerprint density at radius 1 is 1.04 bits per heavy atom. The van der Waals surface area contributed by atoms with Gasteiger partial charge in [0, 0.05) is 18.6 Å². The molecule has 0 saturated heterocycles. The molecule has 0 aliphatic heterocycles. The van der Waals surface area contributed by atoms with E-state index in [0.29, 0.717) is 29.1 Å². The van der Waals surface area contributed by atoms with Crippen molar-refractivity contribution < 1.29 is 22.7 Å². The number of benzene rings is 2. The van der Waals surface area contributed by atoms with E-state index in [1.54, 1.807) is 0 Å². The molecule has 1 aromatic heterocycles. The summed E-state index contributed by atoms with van der Waals surface area (Å²) >= 11 is 0. The number of rotatable bonds is 4. The van der Waals surface area contributed by atoms with Crippen molar-refractivity contribution in [2.45, 2.75) is 19.5 Å². The summed E-state index contributed by atoms with van der Waals surface area (Å²) in [6, 6.07) is 10.6. The van der Waals surface area contributed by atoms with Gasteiger partial charge in [-0.1, -0.05) is 29.8 Å². The van der Waals surface area contributed by atoms with Gasteiger partial charge in [-0.15, -0.1) is 0 Å². The lowest BCUT2D eigenvalue weighted by atomic mass is 9.97. The fourth-order valence-corrected chi connectivity index (χ4v) is 2.59. The van der Waals surface area contributed by atoms with Crippen LogP contribution in [0.5, 0.6) is 0 Å². The summed E-state index contributed by atoms with van der Waals surface area (Å²) in [4.78, 5) is 4.35. The van der Waals surface area contributed by atoms with Crippen LogP contribution in [0.4, 0.5) is 13.2 Å². The van der Waals surface area contributed by atoms with E-state index in [9.17, 15) is 13.2 Å². The molecule has 1 heterocycles. The first kappa shape index (κ1) is 17.2. The quantitative estimate of drug-likeness (QED) is 0.732. The molecule has 0 aliphatic rings. The van der Waals surface area contributed by atoms with Crippen LogP contribution in [0.2, 0.25) is 0 Å². The summed E-state index contributed by atoms with van der Waals surface area (Å²) in [6.07, 6.45) is -2.51. The third-order valence-corrected chi connectivity index (χ3v) is 3.85. The van der Waals surface area contributed by atoms with E-state index in [0.717, 1.165) is 23.3 Å². The number of aryl methyl sites for hydroxylation is 1. The number of hydrogen-bond acceptors (Lipinski definition) is 3. The second-order valence-electron chi connectivity index (χ2n) is 5.74. The molecule has 0 atom stereocenters. The van der Waals surface area contributed by atoms with Crippen LogP contribution in [0.15, 0.2) is 53.1 Å². The summed E-state index contributed by atoms with van der Waals surface area (Å²) in [5.74, 6) is 0.377. The lowest BCUT2D eigenvalue weighted by molar-refractivity contribution is -0.137. The van der Waals surface area contributed by atoms with Gasteiger partial charge in [-0.05, 0) is 36.2 Å². The highest BCUT2D eigenvalue weighted by Gasteiger charge is 2.30. The Morgan fingerprint density at radius 3 is 2.40 bits per heavy atom. The minimum atomic E-state index is -4.36. The van der Waals surface area contributed by atoms with Crippen LogP contribution >= 0.6 is 0 Å². The Kier molecular flexibility index (Phi) is 4.63. The topological polar surface area (TPSA) is 46.3 Å². The van der Waals surface area contributed by atoms with Crippen LogP contribution in [0.3, 0.4) is 0 Å². The molecule has 2 aromatic carbocycles. The van der Waals surface area contributed by atoms with Gasteiger partial charge < -0.3 is 9.52 Å². The Bertz CT molecular complexity index is 867. The summed E-state index contributed by atoms with van der Waals surface area (Å²) in [7, 11) is 0. The first-order chi connectivity index (χ1) is 11.9. The van der Waals surface area contributed by atoms with Gasteiger partial charge in [0.2, 0.25) is 5.89 Å². The van der Waals surface area contributed by atoms with E-state index in [1.165, 1.54) is 18.4 Å². The molecule has 3 aromatic rings. The van der Waals surface area contributed by atoms with Gasteiger partial charge in [-0.2, -0.15) is 13.2 Å². The molecule has 3 nitrogen and oxygen atoms in total. The molecule has 0 aliphatic carbocycles. The maximum absolute atomic E-state index is 12.7. The van der Waals surface area contributed by atoms with E-state index >= 15 is 0 Å². The summed E-state index contributed by atoms with van der Waals surface area (Å²) < 4.78 is 43.7. The smallest absolute Gasteiger partial charge is 0.416 e. The number of oxazole rings is 1. The maximum Gasteiger partial charge on any atom is 0.416 e. The third-order valence-electron chi connectivity index (χ3n) is 3.85. The Labute approximate surface area is 142 Å². The summed E-state index contributed by atoms with van der Waals surface area (Å²) in [6.45, 7) is 1.88. The molecule has 6 heteroatoms. The fourth-order valence-electron chi connectivity index (χ4n) is 2.59. The van der Waals surface area contributed by atoms with Gasteiger partial charge in [0.25, 0.3) is 0 Å². The zero-order valence-electron chi connectivity index (χ0n) is 13.5. The number of halogens is 3. The average molecular weight is 347 g/mol. The van der Waals surface area contributed by atoms with Crippen molar-refractivity contribution in [1.29, 1.82) is 0 Å². The van der Waals surface area contributed by atoms with Gasteiger partial charge in [0.15, 0.2) is 0 Å². The minimum absolute atomic E-state index is 0.0362. The molecule has 0 amide bonds. The molecule has 0 spiro atoms. The average Bonchev–Trinajstić information content (AvgIpc) is 3.03. The molecule has 0 fully saturated rings. The molecular formula is C19H16F3NO2. The van der Waals surface area contributed by atoms with Crippen LogP contribution in [-0.2, 0) is 12.6 Å². The number of aromatic nitrogens is 1. The third kappa shape index (κ3) is 3.74. The van der Waals surface area contributed by atoms with Gasteiger partial charge in [-0.3, -0.25) is 0 Å². The normalized spacial score (nSPS) is 11.7. The predicted molar refractivity (Wildman–Crippen MR) is 87.9 cm³/mol. The van der Waals surface area contributed by atoms with Gasteiger partial charge in [0.1, 0.15) is 6.26 Å². The van der Waals surface area contributed by atoms with Crippen molar-refractivity contribution in [3.63, 3.8) is 0 Å². The van der Waals surface area contributed by atoms with Crippen molar-refractivity contribution >= 4 is 0 Å². The first-order valence-corrected chi connectivity index (χ1v) is 7.72. The van der Waals surface area contributed by atoms with E-state index in [-0.39, 0.29) is 6.61 Å². The molecule has 0 radical (unpaired) electrons. The molecule has 0 bridgehead atoms.